The molecule has 2 aromatic rings. The highest BCUT2D eigenvalue weighted by Gasteiger charge is 2.21. The van der Waals surface area contributed by atoms with Crippen molar-refractivity contribution in [2.45, 2.75) is 56.5 Å². The second-order valence-electron chi connectivity index (χ2n) is 5.56. The topological polar surface area (TPSA) is 82.5 Å². The van der Waals surface area contributed by atoms with E-state index in [0.29, 0.717) is 6.04 Å². The number of hydrogen-bond donors (Lipinski definition) is 1. The summed E-state index contributed by atoms with van der Waals surface area (Å²) in [4.78, 5) is 4.49. The summed E-state index contributed by atoms with van der Waals surface area (Å²) in [5.74, 6) is 0.739. The average Bonchev–Trinajstić information content (AvgIpc) is 3.14. The predicted octanol–water partition coefficient (Wildman–Crippen LogP) is 2.67. The highest BCUT2D eigenvalue weighted by molar-refractivity contribution is 7.98. The van der Waals surface area contributed by atoms with E-state index in [1.807, 2.05) is 24.7 Å². The number of hydrogen-bond acceptors (Lipinski definition) is 6. The first kappa shape index (κ1) is 14.3. The molecule has 0 radical (unpaired) electrons. The number of nitrogen functional groups attached to an aromatic ring is 1. The van der Waals surface area contributed by atoms with Crippen LogP contribution in [0.5, 0.6) is 0 Å². The molecule has 0 amide bonds. The van der Waals surface area contributed by atoms with Gasteiger partial charge < -0.3 is 5.73 Å². The molecule has 0 spiro atoms. The maximum Gasteiger partial charge on any atom is 0.209 e. The van der Waals surface area contributed by atoms with Crippen LogP contribution in [0.1, 0.15) is 48.5 Å². The quantitative estimate of drug-likeness (QED) is 0.874. The fraction of sp³-hybridized carbons (Fsp3) is 0.571. The van der Waals surface area contributed by atoms with E-state index in [2.05, 4.69) is 20.5 Å². The minimum absolute atomic E-state index is 0.458. The zero-order valence-electron chi connectivity index (χ0n) is 12.4. The first-order chi connectivity index (χ1) is 10.2. The summed E-state index contributed by atoms with van der Waals surface area (Å²) < 4.78 is 1.98. The van der Waals surface area contributed by atoms with Gasteiger partial charge in [0.15, 0.2) is 0 Å². The highest BCUT2D eigenvalue weighted by Crippen LogP contribution is 2.32. The summed E-state index contributed by atoms with van der Waals surface area (Å²) in [5, 5.41) is 13.0. The maximum absolute atomic E-state index is 6.07. The lowest BCUT2D eigenvalue weighted by Crippen LogP contribution is -2.08. The third-order valence-electron chi connectivity index (χ3n) is 4.15. The van der Waals surface area contributed by atoms with Crippen LogP contribution >= 0.6 is 11.8 Å². The van der Waals surface area contributed by atoms with Crippen LogP contribution in [0.15, 0.2) is 11.4 Å². The molecule has 0 aromatic carbocycles. The monoisotopic (exact) mass is 304 g/mol. The number of rotatable bonds is 4. The molecule has 1 fully saturated rings. The SMILES string of the molecule is Cc1cnc(CSc2nnnn2C2CCCC2)c(C)c1N. The van der Waals surface area contributed by atoms with Crippen molar-refractivity contribution < 1.29 is 0 Å². The molecule has 0 unspecified atom stereocenters. The Hall–Kier alpha value is -1.63. The molecular weight excluding hydrogens is 284 g/mol. The lowest BCUT2D eigenvalue weighted by Gasteiger charge is -2.12. The normalized spacial score (nSPS) is 15.7. The summed E-state index contributed by atoms with van der Waals surface area (Å²) in [6, 6.07) is 0.458. The van der Waals surface area contributed by atoms with Crippen LogP contribution in [-0.4, -0.2) is 25.2 Å². The maximum atomic E-state index is 6.07. The van der Waals surface area contributed by atoms with E-state index in [9.17, 15) is 0 Å². The molecule has 112 valence electrons. The molecular formula is C14H20N6S. The first-order valence-electron chi connectivity index (χ1n) is 7.28. The number of anilines is 1. The number of nitrogens with zero attached hydrogens (tertiary/aromatic N) is 5. The summed E-state index contributed by atoms with van der Waals surface area (Å²) in [6.45, 7) is 4.00. The first-order valence-corrected chi connectivity index (χ1v) is 8.26. The summed E-state index contributed by atoms with van der Waals surface area (Å²) in [5.41, 5.74) is 9.98. The fourth-order valence-corrected chi connectivity index (χ4v) is 3.70. The van der Waals surface area contributed by atoms with E-state index >= 15 is 0 Å². The Balaban J connectivity index is 1.74. The van der Waals surface area contributed by atoms with E-state index in [0.717, 1.165) is 33.4 Å². The molecule has 2 heterocycles. The van der Waals surface area contributed by atoms with E-state index in [1.165, 1.54) is 25.7 Å². The average molecular weight is 304 g/mol. The van der Waals surface area contributed by atoms with Crippen LogP contribution < -0.4 is 5.73 Å². The van der Waals surface area contributed by atoms with Gasteiger partial charge in [-0.1, -0.05) is 24.6 Å². The summed E-state index contributed by atoms with van der Waals surface area (Å²) in [7, 11) is 0. The Labute approximate surface area is 128 Å². The predicted molar refractivity (Wildman–Crippen MR) is 83.0 cm³/mol. The van der Waals surface area contributed by atoms with Crippen molar-refractivity contribution >= 4 is 17.4 Å². The Morgan fingerprint density at radius 3 is 2.86 bits per heavy atom. The second-order valence-corrected chi connectivity index (χ2v) is 6.50. The Morgan fingerprint density at radius 2 is 2.10 bits per heavy atom. The minimum Gasteiger partial charge on any atom is -0.398 e. The van der Waals surface area contributed by atoms with Crippen molar-refractivity contribution in [1.82, 2.24) is 25.2 Å². The van der Waals surface area contributed by atoms with Crippen molar-refractivity contribution in [2.75, 3.05) is 5.73 Å². The molecule has 1 aliphatic carbocycles. The van der Waals surface area contributed by atoms with Gasteiger partial charge >= 0.3 is 0 Å². The molecule has 2 N–H and O–H groups in total. The van der Waals surface area contributed by atoms with Gasteiger partial charge in [0.25, 0.3) is 0 Å². The molecule has 21 heavy (non-hydrogen) atoms. The fourth-order valence-electron chi connectivity index (χ4n) is 2.73. The summed E-state index contributed by atoms with van der Waals surface area (Å²) in [6.07, 6.45) is 6.71. The molecule has 6 nitrogen and oxygen atoms in total. The lowest BCUT2D eigenvalue weighted by molar-refractivity contribution is 0.423. The van der Waals surface area contributed by atoms with Gasteiger partial charge in [0, 0.05) is 17.6 Å². The highest BCUT2D eigenvalue weighted by atomic mass is 32.2. The van der Waals surface area contributed by atoms with Crippen molar-refractivity contribution in [3.8, 4) is 0 Å². The number of aryl methyl sites for hydroxylation is 1. The van der Waals surface area contributed by atoms with E-state index in [1.54, 1.807) is 11.8 Å². The Kier molecular flexibility index (Phi) is 4.10. The molecule has 3 rings (SSSR count). The van der Waals surface area contributed by atoms with Crippen LogP contribution in [0.25, 0.3) is 0 Å². The second kappa shape index (κ2) is 6.01. The van der Waals surface area contributed by atoms with Crippen LogP contribution in [0.3, 0.4) is 0 Å². The Bertz CT molecular complexity index is 632. The van der Waals surface area contributed by atoms with Gasteiger partial charge in [-0.2, -0.15) is 0 Å². The molecule has 1 saturated carbocycles. The third kappa shape index (κ3) is 2.88. The largest absolute Gasteiger partial charge is 0.398 e. The smallest absolute Gasteiger partial charge is 0.209 e. The number of thioether (sulfide) groups is 1. The summed E-state index contributed by atoms with van der Waals surface area (Å²) >= 11 is 1.63. The molecule has 7 heteroatoms. The third-order valence-corrected chi connectivity index (χ3v) is 5.09. The van der Waals surface area contributed by atoms with Crippen molar-refractivity contribution in [3.05, 3.63) is 23.0 Å². The number of tetrazole rings is 1. The van der Waals surface area contributed by atoms with E-state index in [4.69, 9.17) is 5.73 Å². The lowest BCUT2D eigenvalue weighted by atomic mass is 10.1. The van der Waals surface area contributed by atoms with Gasteiger partial charge in [-0.25, -0.2) is 4.68 Å². The van der Waals surface area contributed by atoms with Gasteiger partial charge in [0.1, 0.15) is 0 Å². The van der Waals surface area contributed by atoms with E-state index in [-0.39, 0.29) is 0 Å². The van der Waals surface area contributed by atoms with Gasteiger partial charge in [-0.3, -0.25) is 4.98 Å². The van der Waals surface area contributed by atoms with E-state index < -0.39 is 0 Å². The zero-order valence-corrected chi connectivity index (χ0v) is 13.2. The Morgan fingerprint density at radius 1 is 1.33 bits per heavy atom. The van der Waals surface area contributed by atoms with Crippen molar-refractivity contribution in [1.29, 1.82) is 0 Å². The van der Waals surface area contributed by atoms with Gasteiger partial charge in [0.05, 0.1) is 11.7 Å². The molecule has 0 aliphatic heterocycles. The van der Waals surface area contributed by atoms with Gasteiger partial charge in [-0.15, -0.1) is 5.10 Å². The van der Waals surface area contributed by atoms with Crippen molar-refractivity contribution in [2.24, 2.45) is 0 Å². The van der Waals surface area contributed by atoms with Gasteiger partial charge in [0.2, 0.25) is 5.16 Å². The number of aromatic nitrogens is 5. The standard InChI is InChI=1S/C14H20N6S/c1-9-7-16-12(10(2)13(9)15)8-21-14-17-18-19-20(14)11-5-3-4-6-11/h7,11H,3-6,8H2,1-2H3,(H2,15,16). The van der Waals surface area contributed by atoms with Crippen molar-refractivity contribution in [3.63, 3.8) is 0 Å². The van der Waals surface area contributed by atoms with Crippen LogP contribution in [0.4, 0.5) is 5.69 Å². The van der Waals surface area contributed by atoms with Gasteiger partial charge in [-0.05, 0) is 48.2 Å². The minimum atomic E-state index is 0.458. The zero-order chi connectivity index (χ0) is 14.8. The molecule has 2 aromatic heterocycles. The number of pyridine rings is 1. The van der Waals surface area contributed by atoms with Crippen LogP contribution in [0, 0.1) is 13.8 Å². The number of nitrogens with two attached hydrogens (primary N) is 1. The molecule has 0 bridgehead atoms. The molecule has 0 atom stereocenters. The van der Waals surface area contributed by atoms with Crippen LogP contribution in [0.2, 0.25) is 0 Å². The molecule has 1 aliphatic rings. The van der Waals surface area contributed by atoms with Crippen LogP contribution in [-0.2, 0) is 5.75 Å². The molecule has 0 saturated heterocycles.